The molecule has 0 unspecified atom stereocenters. The summed E-state index contributed by atoms with van der Waals surface area (Å²) in [7, 11) is 0. The number of aromatic nitrogens is 1. The first-order valence-electron chi connectivity index (χ1n) is 6.24. The molecular formula is C15H14N2O2. The van der Waals surface area contributed by atoms with Gasteiger partial charge in [-0.1, -0.05) is 0 Å². The van der Waals surface area contributed by atoms with E-state index >= 15 is 0 Å². The molecular weight excluding hydrogens is 240 g/mol. The Balaban J connectivity index is 1.84. The summed E-state index contributed by atoms with van der Waals surface area (Å²) in [5, 5.41) is 9.00. The fourth-order valence-electron chi connectivity index (χ4n) is 2.48. The minimum atomic E-state index is -0.865. The lowest BCUT2D eigenvalue weighted by atomic mass is 10.1. The lowest BCUT2D eigenvalue weighted by molar-refractivity contribution is 0.0697. The molecule has 1 aromatic heterocycles. The summed E-state index contributed by atoms with van der Waals surface area (Å²) < 4.78 is 0. The Morgan fingerprint density at radius 2 is 2.05 bits per heavy atom. The number of hydrogen-bond donors (Lipinski definition) is 1. The first-order chi connectivity index (χ1) is 9.24. The number of carboxylic acids is 1. The van der Waals surface area contributed by atoms with Crippen LogP contribution < -0.4 is 4.90 Å². The van der Waals surface area contributed by atoms with Gasteiger partial charge in [-0.3, -0.25) is 4.98 Å². The number of anilines is 1. The molecule has 0 radical (unpaired) electrons. The van der Waals surface area contributed by atoms with Gasteiger partial charge >= 0.3 is 5.97 Å². The van der Waals surface area contributed by atoms with E-state index in [0.29, 0.717) is 5.56 Å². The Kier molecular flexibility index (Phi) is 2.91. The van der Waals surface area contributed by atoms with Crippen LogP contribution in [0.1, 0.15) is 21.5 Å². The SMILES string of the molecule is O=C(O)c1ccc2c(c1)CCN2Cc1ccncc1. The summed E-state index contributed by atoms with van der Waals surface area (Å²) >= 11 is 0. The van der Waals surface area contributed by atoms with Gasteiger partial charge < -0.3 is 10.0 Å². The van der Waals surface area contributed by atoms with Gasteiger partial charge in [-0.15, -0.1) is 0 Å². The van der Waals surface area contributed by atoms with Crippen LogP contribution in [0.3, 0.4) is 0 Å². The molecule has 0 fully saturated rings. The topological polar surface area (TPSA) is 53.4 Å². The summed E-state index contributed by atoms with van der Waals surface area (Å²) in [5.41, 5.74) is 3.84. The van der Waals surface area contributed by atoms with Crippen LogP contribution in [0.15, 0.2) is 42.7 Å². The number of nitrogens with zero attached hydrogens (tertiary/aromatic N) is 2. The normalized spacial score (nSPS) is 13.4. The van der Waals surface area contributed by atoms with Crippen molar-refractivity contribution in [3.05, 3.63) is 59.4 Å². The van der Waals surface area contributed by atoms with E-state index in [1.165, 1.54) is 5.56 Å². The van der Waals surface area contributed by atoms with Gasteiger partial charge in [-0.05, 0) is 47.9 Å². The summed E-state index contributed by atoms with van der Waals surface area (Å²) in [4.78, 5) is 17.2. The molecule has 4 nitrogen and oxygen atoms in total. The summed E-state index contributed by atoms with van der Waals surface area (Å²) in [6.07, 6.45) is 4.49. The first-order valence-corrected chi connectivity index (χ1v) is 6.24. The Morgan fingerprint density at radius 1 is 1.26 bits per heavy atom. The highest BCUT2D eigenvalue weighted by Gasteiger charge is 2.20. The standard InChI is InChI=1S/C15H14N2O2/c18-15(19)13-1-2-14-12(9-13)5-8-17(14)10-11-3-6-16-7-4-11/h1-4,6-7,9H,5,8,10H2,(H,18,19). The Morgan fingerprint density at radius 3 is 2.79 bits per heavy atom. The number of benzene rings is 1. The minimum absolute atomic E-state index is 0.365. The van der Waals surface area contributed by atoms with E-state index in [9.17, 15) is 4.79 Å². The molecule has 0 bridgehead atoms. The van der Waals surface area contributed by atoms with Gasteiger partial charge in [-0.25, -0.2) is 4.79 Å². The van der Waals surface area contributed by atoms with E-state index in [1.807, 2.05) is 18.2 Å². The van der Waals surface area contributed by atoms with Gasteiger partial charge in [0.15, 0.2) is 0 Å². The number of carboxylic acid groups (broad SMARTS) is 1. The number of carbonyl (C=O) groups is 1. The van der Waals surface area contributed by atoms with E-state index < -0.39 is 5.97 Å². The molecule has 3 rings (SSSR count). The maximum absolute atomic E-state index is 11.0. The smallest absolute Gasteiger partial charge is 0.335 e. The molecule has 0 amide bonds. The monoisotopic (exact) mass is 254 g/mol. The highest BCUT2D eigenvalue weighted by molar-refractivity contribution is 5.88. The molecule has 1 aliphatic heterocycles. The lowest BCUT2D eigenvalue weighted by Gasteiger charge is -2.19. The van der Waals surface area contributed by atoms with E-state index in [4.69, 9.17) is 5.11 Å². The zero-order chi connectivity index (χ0) is 13.2. The highest BCUT2D eigenvalue weighted by atomic mass is 16.4. The van der Waals surface area contributed by atoms with Gasteiger partial charge in [0.05, 0.1) is 5.56 Å². The zero-order valence-electron chi connectivity index (χ0n) is 10.4. The van der Waals surface area contributed by atoms with E-state index in [2.05, 4.69) is 9.88 Å². The molecule has 0 spiro atoms. The molecule has 96 valence electrons. The lowest BCUT2D eigenvalue weighted by Crippen LogP contribution is -2.19. The van der Waals surface area contributed by atoms with E-state index in [0.717, 1.165) is 30.8 Å². The van der Waals surface area contributed by atoms with Gasteiger partial charge in [0.25, 0.3) is 0 Å². The van der Waals surface area contributed by atoms with Crippen molar-refractivity contribution in [1.29, 1.82) is 0 Å². The van der Waals surface area contributed by atoms with Gasteiger partial charge in [0, 0.05) is 31.2 Å². The van der Waals surface area contributed by atoms with Crippen molar-refractivity contribution in [2.45, 2.75) is 13.0 Å². The van der Waals surface area contributed by atoms with Crippen LogP contribution in [0.25, 0.3) is 0 Å². The van der Waals surface area contributed by atoms with Crippen LogP contribution in [-0.4, -0.2) is 22.6 Å². The van der Waals surface area contributed by atoms with E-state index in [-0.39, 0.29) is 0 Å². The predicted octanol–water partition coefficient (Wildman–Crippen LogP) is 2.34. The number of hydrogen-bond acceptors (Lipinski definition) is 3. The molecule has 1 N–H and O–H groups in total. The summed E-state index contributed by atoms with van der Waals surface area (Å²) in [5.74, 6) is -0.865. The average molecular weight is 254 g/mol. The van der Waals surface area contributed by atoms with Gasteiger partial charge in [0.2, 0.25) is 0 Å². The second-order valence-corrected chi connectivity index (χ2v) is 4.68. The molecule has 1 aromatic carbocycles. The average Bonchev–Trinajstić information content (AvgIpc) is 2.82. The maximum Gasteiger partial charge on any atom is 0.335 e. The van der Waals surface area contributed by atoms with E-state index in [1.54, 1.807) is 24.5 Å². The van der Waals surface area contributed by atoms with Crippen LogP contribution in [0, 0.1) is 0 Å². The molecule has 19 heavy (non-hydrogen) atoms. The van der Waals surface area contributed by atoms with Crippen molar-refractivity contribution in [2.24, 2.45) is 0 Å². The zero-order valence-corrected chi connectivity index (χ0v) is 10.4. The van der Waals surface area contributed by atoms with Crippen molar-refractivity contribution < 1.29 is 9.90 Å². The number of pyridine rings is 1. The molecule has 0 aliphatic carbocycles. The fraction of sp³-hybridized carbons (Fsp3) is 0.200. The molecule has 1 aliphatic rings. The molecule has 4 heteroatoms. The van der Waals surface area contributed by atoms with Crippen molar-refractivity contribution in [1.82, 2.24) is 4.98 Å². The quantitative estimate of drug-likeness (QED) is 0.913. The summed E-state index contributed by atoms with van der Waals surface area (Å²) in [6, 6.07) is 9.37. The van der Waals surface area contributed by atoms with Gasteiger partial charge in [0.1, 0.15) is 0 Å². The van der Waals surface area contributed by atoms with Crippen molar-refractivity contribution >= 4 is 11.7 Å². The van der Waals surface area contributed by atoms with Crippen LogP contribution in [0.2, 0.25) is 0 Å². The third-order valence-corrected chi connectivity index (χ3v) is 3.44. The third kappa shape index (κ3) is 2.29. The Labute approximate surface area is 111 Å². The number of rotatable bonds is 3. The molecule has 2 aromatic rings. The molecule has 0 atom stereocenters. The Bertz CT molecular complexity index is 611. The number of aromatic carboxylic acids is 1. The van der Waals surface area contributed by atoms with Crippen LogP contribution in [0.5, 0.6) is 0 Å². The van der Waals surface area contributed by atoms with Crippen molar-refractivity contribution in [3.8, 4) is 0 Å². The van der Waals surface area contributed by atoms with Crippen molar-refractivity contribution in [3.63, 3.8) is 0 Å². The van der Waals surface area contributed by atoms with Gasteiger partial charge in [-0.2, -0.15) is 0 Å². The summed E-state index contributed by atoms with van der Waals surface area (Å²) in [6.45, 7) is 1.77. The van der Waals surface area contributed by atoms with Crippen LogP contribution in [-0.2, 0) is 13.0 Å². The maximum atomic E-state index is 11.0. The number of fused-ring (bicyclic) bond motifs is 1. The second kappa shape index (κ2) is 4.72. The highest BCUT2D eigenvalue weighted by Crippen LogP contribution is 2.30. The molecule has 0 saturated heterocycles. The van der Waals surface area contributed by atoms with Crippen LogP contribution in [0.4, 0.5) is 5.69 Å². The fourth-order valence-corrected chi connectivity index (χ4v) is 2.48. The second-order valence-electron chi connectivity index (χ2n) is 4.68. The molecule has 0 saturated carbocycles. The Hall–Kier alpha value is -2.36. The first kappa shape index (κ1) is 11.7. The third-order valence-electron chi connectivity index (χ3n) is 3.44. The predicted molar refractivity (Wildman–Crippen MR) is 72.4 cm³/mol. The largest absolute Gasteiger partial charge is 0.478 e. The van der Waals surface area contributed by atoms with Crippen LogP contribution >= 0.6 is 0 Å². The minimum Gasteiger partial charge on any atom is -0.478 e. The molecule has 2 heterocycles. The van der Waals surface area contributed by atoms with Crippen molar-refractivity contribution in [2.75, 3.05) is 11.4 Å².